The lowest BCUT2D eigenvalue weighted by atomic mass is 9.83. The second-order valence-electron chi connectivity index (χ2n) is 6.05. The first-order valence-corrected chi connectivity index (χ1v) is 8.23. The van der Waals surface area contributed by atoms with Crippen LogP contribution in [0.15, 0.2) is 59.6 Å². The summed E-state index contributed by atoms with van der Waals surface area (Å²) in [5, 5.41) is 2.86. The van der Waals surface area contributed by atoms with Crippen LogP contribution >= 0.6 is 0 Å². The highest BCUT2D eigenvalue weighted by atomic mass is 19.4. The van der Waals surface area contributed by atoms with Crippen molar-refractivity contribution in [3.63, 3.8) is 0 Å². The predicted molar refractivity (Wildman–Crippen MR) is 90.6 cm³/mol. The maximum absolute atomic E-state index is 13.6. The number of allylic oxidation sites excluding steroid dienone is 2. The minimum atomic E-state index is -4.67. The van der Waals surface area contributed by atoms with Crippen LogP contribution in [0, 0.1) is 0 Å². The number of esters is 1. The van der Waals surface area contributed by atoms with E-state index in [9.17, 15) is 22.8 Å². The topological polar surface area (TPSA) is 73.9 Å². The number of alkyl halides is 3. The van der Waals surface area contributed by atoms with Gasteiger partial charge in [-0.3, -0.25) is 0 Å². The van der Waals surface area contributed by atoms with Crippen molar-refractivity contribution in [1.82, 2.24) is 5.32 Å². The van der Waals surface area contributed by atoms with Crippen LogP contribution in [0.3, 0.4) is 0 Å². The number of hydrogen-bond acceptors (Lipinski definition) is 6. The van der Waals surface area contributed by atoms with Gasteiger partial charge in [-0.15, -0.1) is 0 Å². The van der Waals surface area contributed by atoms with Crippen molar-refractivity contribution in [2.45, 2.75) is 19.0 Å². The molecule has 0 bridgehead atoms. The first-order valence-electron chi connectivity index (χ1n) is 8.23. The van der Waals surface area contributed by atoms with Gasteiger partial charge in [0.1, 0.15) is 19.0 Å². The van der Waals surface area contributed by atoms with Gasteiger partial charge in [0.25, 0.3) is 0 Å². The summed E-state index contributed by atoms with van der Waals surface area (Å²) in [6.07, 6.45) is -4.49. The van der Waals surface area contributed by atoms with E-state index in [1.165, 1.54) is 31.2 Å². The maximum atomic E-state index is 13.6. The van der Waals surface area contributed by atoms with Crippen molar-refractivity contribution in [2.24, 2.45) is 0 Å². The number of ether oxygens (including phenoxy) is 3. The second kappa shape index (κ2) is 7.41. The van der Waals surface area contributed by atoms with Gasteiger partial charge in [-0.25, -0.2) is 9.59 Å². The van der Waals surface area contributed by atoms with E-state index in [4.69, 9.17) is 14.2 Å². The van der Waals surface area contributed by atoms with Gasteiger partial charge in [0.05, 0.1) is 28.4 Å². The van der Waals surface area contributed by atoms with E-state index in [1.807, 2.05) is 0 Å². The summed E-state index contributed by atoms with van der Waals surface area (Å²) in [6, 6.07) is 4.79. The average Bonchev–Trinajstić information content (AvgIpc) is 3.00. The van der Waals surface area contributed by atoms with E-state index in [0.29, 0.717) is 5.70 Å². The molecule has 28 heavy (non-hydrogen) atoms. The Morgan fingerprint density at radius 1 is 1.39 bits per heavy atom. The lowest BCUT2D eigenvalue weighted by Gasteiger charge is -2.29. The molecule has 0 amide bonds. The number of rotatable bonds is 4. The third-order valence-corrected chi connectivity index (χ3v) is 4.24. The molecule has 0 aromatic heterocycles. The lowest BCUT2D eigenvalue weighted by molar-refractivity contribution is -0.139. The molecule has 1 aromatic rings. The Kier molecular flexibility index (Phi) is 5.17. The summed E-state index contributed by atoms with van der Waals surface area (Å²) < 4.78 is 55.7. The molecule has 0 spiro atoms. The van der Waals surface area contributed by atoms with E-state index in [-0.39, 0.29) is 35.8 Å². The van der Waals surface area contributed by atoms with Gasteiger partial charge < -0.3 is 19.5 Å². The molecule has 0 aliphatic carbocycles. The van der Waals surface area contributed by atoms with E-state index in [0.717, 1.165) is 6.07 Å². The normalized spacial score (nSPS) is 19.0. The molecule has 1 unspecified atom stereocenters. The van der Waals surface area contributed by atoms with Gasteiger partial charge in [0.15, 0.2) is 0 Å². The Balaban J connectivity index is 2.12. The molecule has 148 valence electrons. The molecule has 1 aromatic carbocycles. The van der Waals surface area contributed by atoms with Crippen LogP contribution < -0.4 is 5.32 Å². The third-order valence-electron chi connectivity index (χ3n) is 4.24. The molecule has 0 saturated heterocycles. The average molecular weight is 395 g/mol. The van der Waals surface area contributed by atoms with E-state index < -0.39 is 29.8 Å². The van der Waals surface area contributed by atoms with Crippen molar-refractivity contribution in [3.8, 4) is 0 Å². The van der Waals surface area contributed by atoms with Crippen molar-refractivity contribution < 1.29 is 37.0 Å². The molecule has 1 N–H and O–H groups in total. The standard InChI is InChI=1S/C19H16F3NO5/c1-3-8-26-18(25)28-16-10(2)23-13-9-27-17(24)15(13)14(16)11-6-4-5-7-12(11)19(20,21)22/h3-7,14,23H,1,8-9H2,2H3. The maximum Gasteiger partial charge on any atom is 0.513 e. The summed E-state index contributed by atoms with van der Waals surface area (Å²) in [5.41, 5.74) is -0.602. The first-order chi connectivity index (χ1) is 13.2. The second-order valence-corrected chi connectivity index (χ2v) is 6.05. The van der Waals surface area contributed by atoms with Crippen LogP contribution in [0.1, 0.15) is 24.0 Å². The van der Waals surface area contributed by atoms with E-state index in [2.05, 4.69) is 11.9 Å². The van der Waals surface area contributed by atoms with Crippen LogP contribution in [0.5, 0.6) is 0 Å². The van der Waals surface area contributed by atoms with Crippen LogP contribution in [0.25, 0.3) is 0 Å². The van der Waals surface area contributed by atoms with E-state index >= 15 is 0 Å². The molecule has 9 heteroatoms. The third kappa shape index (κ3) is 3.60. The highest BCUT2D eigenvalue weighted by molar-refractivity contribution is 5.95. The van der Waals surface area contributed by atoms with Crippen molar-refractivity contribution >= 4 is 12.1 Å². The number of halogens is 3. The van der Waals surface area contributed by atoms with Crippen molar-refractivity contribution in [3.05, 3.63) is 70.8 Å². The number of dihydropyridines is 1. The van der Waals surface area contributed by atoms with Crippen molar-refractivity contribution in [1.29, 1.82) is 0 Å². The van der Waals surface area contributed by atoms with Crippen LogP contribution in [0.2, 0.25) is 0 Å². The van der Waals surface area contributed by atoms with Crippen LogP contribution in [-0.4, -0.2) is 25.3 Å². The summed E-state index contributed by atoms with van der Waals surface area (Å²) in [6.45, 7) is 4.67. The zero-order valence-electron chi connectivity index (χ0n) is 14.8. The van der Waals surface area contributed by atoms with Crippen molar-refractivity contribution in [2.75, 3.05) is 13.2 Å². The summed E-state index contributed by atoms with van der Waals surface area (Å²) >= 11 is 0. The Labute approximate surface area is 158 Å². The Bertz CT molecular complexity index is 901. The largest absolute Gasteiger partial charge is 0.513 e. The van der Waals surface area contributed by atoms with Gasteiger partial charge in [-0.2, -0.15) is 13.2 Å². The van der Waals surface area contributed by atoms with E-state index in [1.54, 1.807) is 0 Å². The summed E-state index contributed by atoms with van der Waals surface area (Å²) in [5.74, 6) is -2.22. The Hall–Kier alpha value is -3.23. The minimum Gasteiger partial charge on any atom is -0.456 e. The monoisotopic (exact) mass is 395 g/mol. The molecular formula is C19H16F3NO5. The number of benzene rings is 1. The Morgan fingerprint density at radius 3 is 2.79 bits per heavy atom. The first kappa shape index (κ1) is 19.5. The molecule has 0 saturated carbocycles. The number of carbonyl (C=O) groups is 2. The van der Waals surface area contributed by atoms with Gasteiger partial charge in [-0.1, -0.05) is 30.9 Å². The number of carbonyl (C=O) groups excluding carboxylic acids is 2. The molecule has 6 nitrogen and oxygen atoms in total. The molecular weight excluding hydrogens is 379 g/mol. The van der Waals surface area contributed by atoms with Gasteiger partial charge in [0.2, 0.25) is 0 Å². The highest BCUT2D eigenvalue weighted by Crippen LogP contribution is 2.45. The van der Waals surface area contributed by atoms with Gasteiger partial charge >= 0.3 is 18.3 Å². The predicted octanol–water partition coefficient (Wildman–Crippen LogP) is 3.77. The zero-order valence-corrected chi connectivity index (χ0v) is 14.8. The molecule has 0 fully saturated rings. The quantitative estimate of drug-likeness (QED) is 0.618. The minimum absolute atomic E-state index is 0.0335. The van der Waals surface area contributed by atoms with Gasteiger partial charge in [0, 0.05) is 0 Å². The fourth-order valence-corrected chi connectivity index (χ4v) is 3.13. The fourth-order valence-electron chi connectivity index (χ4n) is 3.13. The summed E-state index contributed by atoms with van der Waals surface area (Å²) in [7, 11) is 0. The zero-order chi connectivity index (χ0) is 20.5. The van der Waals surface area contributed by atoms with Crippen LogP contribution in [0.4, 0.5) is 18.0 Å². The molecule has 1 atom stereocenters. The highest BCUT2D eigenvalue weighted by Gasteiger charge is 2.45. The molecule has 2 aliphatic rings. The number of cyclic esters (lactones) is 1. The summed E-state index contributed by atoms with van der Waals surface area (Å²) in [4.78, 5) is 24.2. The molecule has 3 rings (SSSR count). The molecule has 2 aliphatic heterocycles. The van der Waals surface area contributed by atoms with Crippen LogP contribution in [-0.2, 0) is 25.2 Å². The fraction of sp³-hybridized carbons (Fsp3) is 0.263. The smallest absolute Gasteiger partial charge is 0.456 e. The molecule has 0 radical (unpaired) electrons. The number of nitrogens with one attached hydrogen (secondary N) is 1. The van der Waals surface area contributed by atoms with Gasteiger partial charge in [-0.05, 0) is 18.6 Å². The lowest BCUT2D eigenvalue weighted by Crippen LogP contribution is -2.29. The Morgan fingerprint density at radius 2 is 2.11 bits per heavy atom. The molecule has 2 heterocycles. The number of hydrogen-bond donors (Lipinski definition) is 1. The SMILES string of the molecule is C=CCOC(=O)OC1=C(C)NC2=C(C(=O)OC2)C1c1ccccc1C(F)(F)F.